The van der Waals surface area contributed by atoms with Crippen LogP contribution in [-0.4, -0.2) is 22.1 Å². The van der Waals surface area contributed by atoms with Crippen LogP contribution in [0, 0.1) is 5.92 Å². The minimum atomic E-state index is 0.544. The van der Waals surface area contributed by atoms with Crippen LogP contribution in [0.3, 0.4) is 0 Å². The third kappa shape index (κ3) is 2.98. The number of fused-ring (bicyclic) bond motifs is 1. The predicted octanol–water partition coefficient (Wildman–Crippen LogP) is 4.16. The molecule has 1 heterocycles. The average molecular weight is 285 g/mol. The number of rotatable bonds is 5. The fourth-order valence-electron chi connectivity index (χ4n) is 3.95. The minimum absolute atomic E-state index is 0.544. The lowest BCUT2D eigenvalue weighted by Crippen LogP contribution is -2.41. The average Bonchev–Trinajstić information content (AvgIpc) is 2.93. The first-order valence-electron chi connectivity index (χ1n) is 8.48. The lowest BCUT2D eigenvalue weighted by atomic mass is 9.80. The summed E-state index contributed by atoms with van der Waals surface area (Å²) in [6.07, 6.45) is 8.65. The van der Waals surface area contributed by atoms with Crippen molar-refractivity contribution in [1.82, 2.24) is 14.9 Å². The Bertz CT molecular complexity index is 575. The second-order valence-electron chi connectivity index (χ2n) is 6.34. The zero-order chi connectivity index (χ0) is 14.7. The van der Waals surface area contributed by atoms with Crippen LogP contribution >= 0.6 is 0 Å². The van der Waals surface area contributed by atoms with E-state index in [0.717, 1.165) is 18.0 Å². The number of nitrogens with one attached hydrogen (secondary N) is 1. The molecular formula is C18H27N3. The summed E-state index contributed by atoms with van der Waals surface area (Å²) in [6.45, 7) is 5.56. The second kappa shape index (κ2) is 6.61. The van der Waals surface area contributed by atoms with Crippen molar-refractivity contribution in [3.63, 3.8) is 0 Å². The third-order valence-corrected chi connectivity index (χ3v) is 4.93. The molecule has 0 bridgehead atoms. The summed E-state index contributed by atoms with van der Waals surface area (Å²) in [6, 6.07) is 9.63. The first kappa shape index (κ1) is 14.6. The molecule has 3 atom stereocenters. The maximum atomic E-state index is 4.59. The molecule has 3 rings (SSSR count). The molecule has 1 aliphatic rings. The molecule has 0 radical (unpaired) electrons. The van der Waals surface area contributed by atoms with Gasteiger partial charge in [-0.15, -0.1) is 0 Å². The SMILES string of the molecule is CCCC1CCC(NCC)C(n2cnc3ccccc32)C1. The van der Waals surface area contributed by atoms with Gasteiger partial charge < -0.3 is 9.88 Å². The van der Waals surface area contributed by atoms with E-state index in [1.165, 1.54) is 37.6 Å². The molecular weight excluding hydrogens is 258 g/mol. The van der Waals surface area contributed by atoms with Crippen LogP contribution in [-0.2, 0) is 0 Å². The van der Waals surface area contributed by atoms with Crippen molar-refractivity contribution in [2.24, 2.45) is 5.92 Å². The van der Waals surface area contributed by atoms with Gasteiger partial charge in [0.15, 0.2) is 0 Å². The topological polar surface area (TPSA) is 29.9 Å². The normalized spacial score (nSPS) is 26.3. The number of aromatic nitrogens is 2. The number of hydrogen-bond donors (Lipinski definition) is 1. The number of likely N-dealkylation sites (N-methyl/N-ethyl adjacent to an activating group) is 1. The summed E-state index contributed by atoms with van der Waals surface area (Å²) in [5, 5.41) is 3.70. The van der Waals surface area contributed by atoms with Crippen molar-refractivity contribution in [3.05, 3.63) is 30.6 Å². The third-order valence-electron chi connectivity index (χ3n) is 4.93. The van der Waals surface area contributed by atoms with Crippen LogP contribution in [0.2, 0.25) is 0 Å². The zero-order valence-electron chi connectivity index (χ0n) is 13.3. The summed E-state index contributed by atoms with van der Waals surface area (Å²) in [5.74, 6) is 0.871. The molecule has 0 spiro atoms. The first-order chi connectivity index (χ1) is 10.3. The standard InChI is InChI=1S/C18H27N3/c1-3-7-14-10-11-16(19-4-2)18(12-14)21-13-20-15-8-5-6-9-17(15)21/h5-6,8-9,13-14,16,18-19H,3-4,7,10-12H2,1-2H3. The van der Waals surface area contributed by atoms with Crippen molar-refractivity contribution in [2.45, 2.75) is 58.0 Å². The highest BCUT2D eigenvalue weighted by atomic mass is 15.1. The van der Waals surface area contributed by atoms with Crippen molar-refractivity contribution < 1.29 is 0 Å². The molecule has 3 unspecified atom stereocenters. The molecule has 1 aromatic carbocycles. The number of benzene rings is 1. The van der Waals surface area contributed by atoms with Crippen LogP contribution in [0.1, 0.15) is 52.0 Å². The molecule has 114 valence electrons. The molecule has 1 N–H and O–H groups in total. The number of imidazole rings is 1. The quantitative estimate of drug-likeness (QED) is 0.894. The van der Waals surface area contributed by atoms with Gasteiger partial charge in [-0.25, -0.2) is 4.98 Å². The van der Waals surface area contributed by atoms with Crippen LogP contribution in [0.25, 0.3) is 11.0 Å². The van der Waals surface area contributed by atoms with E-state index in [1.807, 2.05) is 6.33 Å². The summed E-state index contributed by atoms with van der Waals surface area (Å²) in [7, 11) is 0. The summed E-state index contributed by atoms with van der Waals surface area (Å²) >= 11 is 0. The molecule has 3 heteroatoms. The zero-order valence-corrected chi connectivity index (χ0v) is 13.3. The molecule has 3 nitrogen and oxygen atoms in total. The number of para-hydroxylation sites is 2. The molecule has 1 saturated carbocycles. The summed E-state index contributed by atoms with van der Waals surface area (Å²) < 4.78 is 2.42. The van der Waals surface area contributed by atoms with Gasteiger partial charge in [0, 0.05) is 6.04 Å². The molecule has 0 saturated heterocycles. The Kier molecular flexibility index (Phi) is 4.59. The fraction of sp³-hybridized carbons (Fsp3) is 0.611. The molecule has 0 aliphatic heterocycles. The van der Waals surface area contributed by atoms with Gasteiger partial charge in [-0.05, 0) is 43.9 Å². The Hall–Kier alpha value is -1.35. The van der Waals surface area contributed by atoms with E-state index in [0.29, 0.717) is 12.1 Å². The maximum absolute atomic E-state index is 4.59. The fourth-order valence-corrected chi connectivity index (χ4v) is 3.95. The van der Waals surface area contributed by atoms with E-state index in [-0.39, 0.29) is 0 Å². The van der Waals surface area contributed by atoms with Gasteiger partial charge in [-0.1, -0.05) is 38.8 Å². The van der Waals surface area contributed by atoms with Crippen molar-refractivity contribution in [2.75, 3.05) is 6.54 Å². The maximum Gasteiger partial charge on any atom is 0.0961 e. The molecule has 1 fully saturated rings. The monoisotopic (exact) mass is 285 g/mol. The van der Waals surface area contributed by atoms with E-state index < -0.39 is 0 Å². The van der Waals surface area contributed by atoms with Gasteiger partial charge in [0.2, 0.25) is 0 Å². The van der Waals surface area contributed by atoms with Gasteiger partial charge in [-0.2, -0.15) is 0 Å². The minimum Gasteiger partial charge on any atom is -0.326 e. The van der Waals surface area contributed by atoms with Gasteiger partial charge in [0.1, 0.15) is 0 Å². The predicted molar refractivity (Wildman–Crippen MR) is 88.5 cm³/mol. The summed E-state index contributed by atoms with van der Waals surface area (Å²) in [5.41, 5.74) is 2.40. The lowest BCUT2D eigenvalue weighted by molar-refractivity contribution is 0.202. The first-order valence-corrected chi connectivity index (χ1v) is 8.48. The lowest BCUT2D eigenvalue weighted by Gasteiger charge is -2.37. The summed E-state index contributed by atoms with van der Waals surface area (Å²) in [4.78, 5) is 4.59. The Morgan fingerprint density at radius 2 is 2.10 bits per heavy atom. The second-order valence-corrected chi connectivity index (χ2v) is 6.34. The molecule has 1 aromatic heterocycles. The Labute approximate surface area is 127 Å². The van der Waals surface area contributed by atoms with Crippen molar-refractivity contribution in [1.29, 1.82) is 0 Å². The Morgan fingerprint density at radius 3 is 2.90 bits per heavy atom. The highest BCUT2D eigenvalue weighted by molar-refractivity contribution is 5.75. The smallest absolute Gasteiger partial charge is 0.0961 e. The van der Waals surface area contributed by atoms with E-state index in [1.54, 1.807) is 0 Å². The van der Waals surface area contributed by atoms with E-state index in [9.17, 15) is 0 Å². The molecule has 1 aliphatic carbocycles. The van der Waals surface area contributed by atoms with Crippen molar-refractivity contribution in [3.8, 4) is 0 Å². The largest absolute Gasteiger partial charge is 0.326 e. The van der Waals surface area contributed by atoms with Gasteiger partial charge in [0.05, 0.1) is 23.4 Å². The highest BCUT2D eigenvalue weighted by Crippen LogP contribution is 2.36. The molecule has 21 heavy (non-hydrogen) atoms. The Balaban J connectivity index is 1.90. The van der Waals surface area contributed by atoms with E-state index in [2.05, 4.69) is 53.0 Å². The number of nitrogens with zero attached hydrogens (tertiary/aromatic N) is 2. The molecule has 0 amide bonds. The van der Waals surface area contributed by atoms with E-state index >= 15 is 0 Å². The Morgan fingerprint density at radius 1 is 1.24 bits per heavy atom. The highest BCUT2D eigenvalue weighted by Gasteiger charge is 2.31. The van der Waals surface area contributed by atoms with Gasteiger partial charge >= 0.3 is 0 Å². The van der Waals surface area contributed by atoms with Crippen LogP contribution in [0.15, 0.2) is 30.6 Å². The van der Waals surface area contributed by atoms with Crippen LogP contribution in [0.5, 0.6) is 0 Å². The van der Waals surface area contributed by atoms with Crippen LogP contribution in [0.4, 0.5) is 0 Å². The van der Waals surface area contributed by atoms with Crippen molar-refractivity contribution >= 4 is 11.0 Å². The molecule has 2 aromatic rings. The van der Waals surface area contributed by atoms with Gasteiger partial charge in [0.25, 0.3) is 0 Å². The van der Waals surface area contributed by atoms with Gasteiger partial charge in [-0.3, -0.25) is 0 Å². The van der Waals surface area contributed by atoms with E-state index in [4.69, 9.17) is 0 Å². The number of hydrogen-bond acceptors (Lipinski definition) is 2. The van der Waals surface area contributed by atoms with Crippen LogP contribution < -0.4 is 5.32 Å².